The van der Waals surface area contributed by atoms with Crippen LogP contribution in [0.2, 0.25) is 0 Å². The number of nitriles is 2. The molecule has 28 heavy (non-hydrogen) atoms. The number of nitrogens with one attached hydrogen (secondary N) is 2. The minimum Gasteiger partial charge on any atom is -0.462 e. The normalized spacial score (nSPS) is 14.5. The highest BCUT2D eigenvalue weighted by Gasteiger charge is 2.32. The highest BCUT2D eigenvalue weighted by Crippen LogP contribution is 2.41. The van der Waals surface area contributed by atoms with Gasteiger partial charge < -0.3 is 21.5 Å². The smallest absolute Gasteiger partial charge is 0.338 e. The first-order valence-electron chi connectivity index (χ1n) is 8.26. The van der Waals surface area contributed by atoms with E-state index in [-0.39, 0.29) is 41.0 Å². The van der Waals surface area contributed by atoms with Gasteiger partial charge in [0.1, 0.15) is 29.3 Å². The van der Waals surface area contributed by atoms with E-state index in [1.54, 1.807) is 37.4 Å². The van der Waals surface area contributed by atoms with Gasteiger partial charge in [-0.3, -0.25) is 5.32 Å². The summed E-state index contributed by atoms with van der Waals surface area (Å²) < 4.78 is 5.13. The summed E-state index contributed by atoms with van der Waals surface area (Å²) in [5.74, 6) is -0.229. The number of guanidine groups is 1. The number of fused-ring (bicyclic) bond motifs is 1. The molecule has 1 aromatic heterocycles. The molecule has 0 saturated carbocycles. The van der Waals surface area contributed by atoms with Crippen molar-refractivity contribution in [3.05, 3.63) is 46.5 Å². The van der Waals surface area contributed by atoms with Crippen molar-refractivity contribution in [1.82, 2.24) is 10.3 Å². The Morgan fingerprint density at radius 3 is 2.79 bits per heavy atom. The number of nitrogen functional groups attached to an aromatic ring is 2. The fraction of sp³-hybridized carbons (Fsp3) is 0.167. The summed E-state index contributed by atoms with van der Waals surface area (Å²) in [7, 11) is 0. The molecular formula is C18H16N8O2. The first-order chi connectivity index (χ1) is 13.5. The van der Waals surface area contributed by atoms with E-state index in [1.165, 1.54) is 0 Å². The van der Waals surface area contributed by atoms with Gasteiger partial charge in [0.2, 0.25) is 5.96 Å². The van der Waals surface area contributed by atoms with Gasteiger partial charge in [-0.05, 0) is 18.6 Å². The van der Waals surface area contributed by atoms with Crippen LogP contribution in [0.5, 0.6) is 0 Å². The van der Waals surface area contributed by atoms with Crippen molar-refractivity contribution in [2.75, 3.05) is 23.4 Å². The third kappa shape index (κ3) is 3.10. The van der Waals surface area contributed by atoms with Crippen molar-refractivity contribution in [3.8, 4) is 12.3 Å². The zero-order chi connectivity index (χ0) is 20.3. The lowest BCUT2D eigenvalue weighted by molar-refractivity contribution is 0.0524. The van der Waals surface area contributed by atoms with Crippen LogP contribution in [0.1, 0.15) is 40.0 Å². The van der Waals surface area contributed by atoms with Gasteiger partial charge in [-0.1, -0.05) is 18.2 Å². The van der Waals surface area contributed by atoms with Crippen molar-refractivity contribution in [1.29, 1.82) is 10.5 Å². The number of hydrogen-bond acceptors (Lipinski definition) is 10. The number of benzene rings is 1. The number of aliphatic imine (C=N–C) groups is 1. The van der Waals surface area contributed by atoms with Crippen molar-refractivity contribution >= 4 is 29.3 Å². The molecule has 10 nitrogen and oxygen atoms in total. The van der Waals surface area contributed by atoms with E-state index in [0.29, 0.717) is 11.1 Å². The van der Waals surface area contributed by atoms with Gasteiger partial charge >= 0.3 is 5.97 Å². The Hall–Kier alpha value is -4.31. The summed E-state index contributed by atoms with van der Waals surface area (Å²) in [5, 5.41) is 23.6. The van der Waals surface area contributed by atoms with Crippen LogP contribution < -0.4 is 22.1 Å². The van der Waals surface area contributed by atoms with Crippen LogP contribution in [-0.2, 0) is 4.74 Å². The first-order valence-corrected chi connectivity index (χ1v) is 8.26. The van der Waals surface area contributed by atoms with E-state index >= 15 is 0 Å². The molecule has 0 saturated heterocycles. The topological polar surface area (TPSA) is 175 Å². The molecule has 6 N–H and O–H groups in total. The lowest BCUT2D eigenvalue weighted by Gasteiger charge is -2.27. The van der Waals surface area contributed by atoms with Gasteiger partial charge in [-0.15, -0.1) is 0 Å². The number of pyridine rings is 1. The number of rotatable bonds is 3. The standard InChI is InChI=1S/C18H16N8O2/c1-2-28-17(27)10-6-4-3-5-9(10)14-12-13(21)11(7-19)15(22)25-16(12)26-18(24-14)23-8-20/h3-6,14H,2H2,1H3,(H6,21,22,23,24,25,26). The van der Waals surface area contributed by atoms with Crippen molar-refractivity contribution < 1.29 is 9.53 Å². The highest BCUT2D eigenvalue weighted by molar-refractivity contribution is 5.99. The lowest BCUT2D eigenvalue weighted by atomic mass is 9.92. The number of anilines is 3. The van der Waals surface area contributed by atoms with Gasteiger partial charge in [-0.2, -0.15) is 10.5 Å². The summed E-state index contributed by atoms with van der Waals surface area (Å²) in [4.78, 5) is 21.0. The molecule has 10 heteroatoms. The van der Waals surface area contributed by atoms with Gasteiger partial charge in [0.05, 0.1) is 17.9 Å². The molecule has 1 aliphatic rings. The van der Waals surface area contributed by atoms with E-state index in [2.05, 4.69) is 20.6 Å². The molecule has 0 aliphatic carbocycles. The van der Waals surface area contributed by atoms with Crippen LogP contribution in [0.15, 0.2) is 29.3 Å². The first kappa shape index (κ1) is 18.5. The molecule has 1 unspecified atom stereocenters. The molecule has 0 amide bonds. The Labute approximate surface area is 160 Å². The number of aromatic nitrogens is 1. The maximum atomic E-state index is 12.4. The molecule has 1 atom stereocenters. The summed E-state index contributed by atoms with van der Waals surface area (Å²) in [6, 6.07) is 7.85. The summed E-state index contributed by atoms with van der Waals surface area (Å²) in [6.45, 7) is 1.91. The van der Waals surface area contributed by atoms with Crippen LogP contribution in [0.4, 0.5) is 17.3 Å². The lowest BCUT2D eigenvalue weighted by Crippen LogP contribution is -2.33. The molecule has 140 valence electrons. The third-order valence-corrected chi connectivity index (χ3v) is 4.11. The minimum atomic E-state index is -0.812. The van der Waals surface area contributed by atoms with Crippen molar-refractivity contribution in [2.45, 2.75) is 13.0 Å². The summed E-state index contributed by atoms with van der Waals surface area (Å²) in [6.07, 6.45) is 1.77. The third-order valence-electron chi connectivity index (χ3n) is 4.11. The Balaban J connectivity index is 2.26. The molecule has 3 rings (SSSR count). The van der Waals surface area contributed by atoms with Crippen LogP contribution in [0.25, 0.3) is 0 Å². The second-order valence-electron chi connectivity index (χ2n) is 5.71. The van der Waals surface area contributed by atoms with Crippen LogP contribution in [-0.4, -0.2) is 23.5 Å². The number of nitrogens with two attached hydrogens (primary N) is 2. The SMILES string of the molecule is CCOC(=O)c1ccccc1C1N=C(NC#N)Nc2nc(N)c(C#N)c(N)c21. The van der Waals surface area contributed by atoms with E-state index in [4.69, 9.17) is 21.5 Å². The van der Waals surface area contributed by atoms with Gasteiger partial charge in [0.25, 0.3) is 0 Å². The molecule has 2 heterocycles. The maximum Gasteiger partial charge on any atom is 0.338 e. The predicted octanol–water partition coefficient (Wildman–Crippen LogP) is 1.24. The monoisotopic (exact) mass is 376 g/mol. The average Bonchev–Trinajstić information content (AvgIpc) is 2.68. The zero-order valence-corrected chi connectivity index (χ0v) is 14.9. The Morgan fingerprint density at radius 2 is 2.11 bits per heavy atom. The van der Waals surface area contributed by atoms with Crippen molar-refractivity contribution in [2.24, 2.45) is 4.99 Å². The molecule has 0 spiro atoms. The Bertz CT molecular complexity index is 1060. The molecule has 0 bridgehead atoms. The minimum absolute atomic E-state index is 0.0195. The van der Waals surface area contributed by atoms with Crippen LogP contribution >= 0.6 is 0 Å². The second-order valence-corrected chi connectivity index (χ2v) is 5.71. The fourth-order valence-electron chi connectivity index (χ4n) is 2.94. The Kier molecular flexibility index (Phi) is 4.96. The molecule has 1 aliphatic heterocycles. The van der Waals surface area contributed by atoms with E-state index in [1.807, 2.05) is 6.07 Å². The molecule has 2 aromatic rings. The zero-order valence-electron chi connectivity index (χ0n) is 14.9. The number of ether oxygens (including phenoxy) is 1. The highest BCUT2D eigenvalue weighted by atomic mass is 16.5. The number of carbonyl (C=O) groups excluding carboxylic acids is 1. The van der Waals surface area contributed by atoms with Crippen LogP contribution in [0, 0.1) is 22.8 Å². The number of carbonyl (C=O) groups is 1. The molecule has 0 radical (unpaired) electrons. The van der Waals surface area contributed by atoms with Gasteiger partial charge in [0.15, 0.2) is 6.19 Å². The quantitative estimate of drug-likeness (QED) is 0.349. The van der Waals surface area contributed by atoms with Crippen molar-refractivity contribution in [3.63, 3.8) is 0 Å². The largest absolute Gasteiger partial charge is 0.462 e. The van der Waals surface area contributed by atoms with E-state index in [9.17, 15) is 10.1 Å². The van der Waals surface area contributed by atoms with E-state index < -0.39 is 12.0 Å². The Morgan fingerprint density at radius 1 is 1.36 bits per heavy atom. The second kappa shape index (κ2) is 7.51. The molecule has 0 fully saturated rings. The number of esters is 1. The maximum absolute atomic E-state index is 12.4. The summed E-state index contributed by atoms with van der Waals surface area (Å²) >= 11 is 0. The van der Waals surface area contributed by atoms with Gasteiger partial charge in [0, 0.05) is 5.56 Å². The average molecular weight is 376 g/mol. The molecule has 1 aromatic carbocycles. The summed E-state index contributed by atoms with van der Waals surface area (Å²) in [5.41, 5.74) is 13.3. The van der Waals surface area contributed by atoms with Gasteiger partial charge in [-0.25, -0.2) is 14.8 Å². The van der Waals surface area contributed by atoms with Crippen LogP contribution in [0.3, 0.4) is 0 Å². The molecular weight excluding hydrogens is 360 g/mol. The van der Waals surface area contributed by atoms with E-state index in [0.717, 1.165) is 0 Å². The number of nitrogens with zero attached hydrogens (tertiary/aromatic N) is 4. The fourth-order valence-corrected chi connectivity index (χ4v) is 2.94. The number of hydrogen-bond donors (Lipinski definition) is 4. The predicted molar refractivity (Wildman–Crippen MR) is 102 cm³/mol.